The van der Waals surface area contributed by atoms with Gasteiger partial charge in [0, 0.05) is 16.1 Å². The van der Waals surface area contributed by atoms with Crippen LogP contribution in [-0.2, 0) is 9.84 Å². The number of carbonyl (C=O) groups is 1. The van der Waals surface area contributed by atoms with Crippen LogP contribution in [-0.4, -0.2) is 32.7 Å². The number of hydrogen-bond acceptors (Lipinski definition) is 4. The van der Waals surface area contributed by atoms with Crippen LogP contribution in [0, 0.1) is 6.92 Å². The maximum atomic E-state index is 13.4. The minimum Gasteiger partial charge on any atom is -0.493 e. The highest BCUT2D eigenvalue weighted by atomic mass is 35.5. The third-order valence-corrected chi connectivity index (χ3v) is 6.10. The number of carbonyl (C=O) groups excluding carboxylic acids is 1. The molecule has 2 aromatic rings. The van der Waals surface area contributed by atoms with Crippen LogP contribution < -0.4 is 9.64 Å². The lowest BCUT2D eigenvalue weighted by Crippen LogP contribution is -2.41. The van der Waals surface area contributed by atoms with E-state index in [4.69, 9.17) is 16.3 Å². The number of aryl methyl sites for hydroxylation is 1. The van der Waals surface area contributed by atoms with E-state index in [0.29, 0.717) is 28.6 Å². The van der Waals surface area contributed by atoms with Crippen molar-refractivity contribution in [2.45, 2.75) is 19.9 Å². The highest BCUT2D eigenvalue weighted by Crippen LogP contribution is 2.30. The molecule has 1 amide bonds. The molecule has 0 bridgehead atoms. The van der Waals surface area contributed by atoms with E-state index >= 15 is 0 Å². The Morgan fingerprint density at radius 3 is 2.63 bits per heavy atom. The molecule has 0 aromatic heterocycles. The van der Waals surface area contributed by atoms with Gasteiger partial charge in [-0.05, 0) is 49.8 Å². The van der Waals surface area contributed by atoms with Crippen LogP contribution in [0.4, 0.5) is 5.69 Å². The fourth-order valence-corrected chi connectivity index (χ4v) is 4.41. The summed E-state index contributed by atoms with van der Waals surface area (Å²) < 4.78 is 29.5. The van der Waals surface area contributed by atoms with E-state index in [1.165, 1.54) is 11.0 Å². The standard InChI is InChI=1S/C20H20ClNO4S/c1-3-26-19-7-5-4-6-17(19)20(23)22(16-10-11-27(24,25)13-16)15-9-8-14(2)18(21)12-15/h4-12,16H,3,13H2,1-2H3/t16-/m1/s1. The van der Waals surface area contributed by atoms with Gasteiger partial charge in [-0.15, -0.1) is 0 Å². The van der Waals surface area contributed by atoms with Crippen molar-refractivity contribution >= 4 is 33.0 Å². The van der Waals surface area contributed by atoms with Crippen molar-refractivity contribution in [1.29, 1.82) is 0 Å². The van der Waals surface area contributed by atoms with Gasteiger partial charge in [-0.25, -0.2) is 8.42 Å². The van der Waals surface area contributed by atoms with Crippen molar-refractivity contribution in [3.8, 4) is 5.75 Å². The van der Waals surface area contributed by atoms with Gasteiger partial charge in [-0.1, -0.05) is 29.8 Å². The molecule has 0 saturated heterocycles. The minimum absolute atomic E-state index is 0.166. The highest BCUT2D eigenvalue weighted by molar-refractivity contribution is 7.94. The molecule has 1 aliphatic rings. The van der Waals surface area contributed by atoms with E-state index in [1.807, 2.05) is 13.8 Å². The van der Waals surface area contributed by atoms with E-state index < -0.39 is 15.9 Å². The minimum atomic E-state index is -3.34. The second-order valence-corrected chi connectivity index (χ2v) is 8.60. The number of benzene rings is 2. The average Bonchev–Trinajstić information content (AvgIpc) is 2.98. The quantitative estimate of drug-likeness (QED) is 0.754. The average molecular weight is 406 g/mol. The van der Waals surface area contributed by atoms with Crippen LogP contribution in [0.3, 0.4) is 0 Å². The first-order chi connectivity index (χ1) is 12.8. The monoisotopic (exact) mass is 405 g/mol. The topological polar surface area (TPSA) is 63.7 Å². The molecule has 0 spiro atoms. The summed E-state index contributed by atoms with van der Waals surface area (Å²) in [5.41, 5.74) is 1.78. The third-order valence-electron chi connectivity index (χ3n) is 4.31. The molecule has 0 unspecified atom stereocenters. The van der Waals surface area contributed by atoms with Gasteiger partial charge in [0.15, 0.2) is 9.84 Å². The zero-order valence-electron chi connectivity index (χ0n) is 15.1. The Bertz CT molecular complexity index is 1000. The van der Waals surface area contributed by atoms with Crippen molar-refractivity contribution in [3.05, 3.63) is 70.1 Å². The molecule has 0 N–H and O–H groups in total. The fourth-order valence-electron chi connectivity index (χ4n) is 2.97. The van der Waals surface area contributed by atoms with Crippen LogP contribution >= 0.6 is 11.6 Å². The number of ether oxygens (including phenoxy) is 1. The summed E-state index contributed by atoms with van der Waals surface area (Å²) in [6, 6.07) is 11.6. The van der Waals surface area contributed by atoms with Crippen LogP contribution in [0.15, 0.2) is 53.9 Å². The zero-order valence-corrected chi connectivity index (χ0v) is 16.6. The molecular weight excluding hydrogens is 386 g/mol. The summed E-state index contributed by atoms with van der Waals surface area (Å²) >= 11 is 6.25. The molecule has 0 radical (unpaired) electrons. The van der Waals surface area contributed by atoms with Crippen molar-refractivity contribution in [2.75, 3.05) is 17.3 Å². The number of rotatable bonds is 5. The molecule has 5 nitrogen and oxygen atoms in total. The van der Waals surface area contributed by atoms with Crippen LogP contribution in [0.5, 0.6) is 5.75 Å². The van der Waals surface area contributed by atoms with Crippen molar-refractivity contribution < 1.29 is 17.9 Å². The lowest BCUT2D eigenvalue weighted by molar-refractivity contribution is 0.0979. The SMILES string of the molecule is CCOc1ccccc1C(=O)N(c1ccc(C)c(Cl)c1)[C@@H]1C=CS(=O)(=O)C1. The summed E-state index contributed by atoms with van der Waals surface area (Å²) in [4.78, 5) is 14.9. The van der Waals surface area contributed by atoms with Crippen LogP contribution in [0.2, 0.25) is 5.02 Å². The maximum Gasteiger partial charge on any atom is 0.262 e. The smallest absolute Gasteiger partial charge is 0.262 e. The first-order valence-electron chi connectivity index (χ1n) is 8.55. The van der Waals surface area contributed by atoms with Crippen LogP contribution in [0.1, 0.15) is 22.8 Å². The predicted molar refractivity (Wildman–Crippen MR) is 107 cm³/mol. The molecule has 1 heterocycles. The number of halogens is 1. The molecule has 0 fully saturated rings. The van der Waals surface area contributed by atoms with Gasteiger partial charge in [0.2, 0.25) is 0 Å². The molecule has 0 aliphatic carbocycles. The summed E-state index contributed by atoms with van der Waals surface area (Å²) in [5, 5.41) is 1.66. The Labute approximate surface area is 164 Å². The van der Waals surface area contributed by atoms with Gasteiger partial charge in [0.1, 0.15) is 5.75 Å². The van der Waals surface area contributed by atoms with Gasteiger partial charge in [-0.2, -0.15) is 0 Å². The Kier molecular flexibility index (Phi) is 5.58. The third kappa shape index (κ3) is 4.17. The Balaban J connectivity index is 2.08. The van der Waals surface area contributed by atoms with Gasteiger partial charge in [0.05, 0.1) is 24.0 Å². The Morgan fingerprint density at radius 2 is 2.00 bits per heavy atom. The molecule has 0 saturated carbocycles. The normalized spacial score (nSPS) is 17.7. The molecular formula is C20H20ClNO4S. The Hall–Kier alpha value is -2.31. The molecule has 1 atom stereocenters. The molecule has 27 heavy (non-hydrogen) atoms. The van der Waals surface area contributed by atoms with E-state index in [2.05, 4.69) is 0 Å². The van der Waals surface area contributed by atoms with E-state index in [0.717, 1.165) is 11.0 Å². The number of amides is 1. The summed E-state index contributed by atoms with van der Waals surface area (Å²) in [7, 11) is -3.34. The number of para-hydroxylation sites is 1. The largest absolute Gasteiger partial charge is 0.493 e. The summed E-state index contributed by atoms with van der Waals surface area (Å²) in [6.45, 7) is 4.12. The lowest BCUT2D eigenvalue weighted by Gasteiger charge is -2.28. The predicted octanol–water partition coefficient (Wildman–Crippen LogP) is 4.00. The van der Waals surface area contributed by atoms with Crippen molar-refractivity contribution in [1.82, 2.24) is 0 Å². The molecule has 1 aliphatic heterocycles. The summed E-state index contributed by atoms with van der Waals surface area (Å²) in [5.74, 6) is -0.0510. The van der Waals surface area contributed by atoms with E-state index in [-0.39, 0.29) is 11.7 Å². The number of nitrogens with zero attached hydrogens (tertiary/aromatic N) is 1. The van der Waals surface area contributed by atoms with Crippen molar-refractivity contribution in [3.63, 3.8) is 0 Å². The molecule has 142 valence electrons. The maximum absolute atomic E-state index is 13.4. The van der Waals surface area contributed by atoms with E-state index in [9.17, 15) is 13.2 Å². The highest BCUT2D eigenvalue weighted by Gasteiger charge is 2.33. The zero-order chi connectivity index (χ0) is 19.6. The second kappa shape index (κ2) is 7.74. The number of anilines is 1. The number of sulfone groups is 1. The second-order valence-electron chi connectivity index (χ2n) is 6.26. The first kappa shape index (κ1) is 19.5. The van der Waals surface area contributed by atoms with Gasteiger partial charge in [0.25, 0.3) is 5.91 Å². The molecule has 3 rings (SSSR count). The molecule has 2 aromatic carbocycles. The van der Waals surface area contributed by atoms with Crippen molar-refractivity contribution in [2.24, 2.45) is 0 Å². The van der Waals surface area contributed by atoms with Gasteiger partial charge in [-0.3, -0.25) is 4.79 Å². The van der Waals surface area contributed by atoms with Gasteiger partial charge < -0.3 is 9.64 Å². The molecule has 7 heteroatoms. The summed E-state index contributed by atoms with van der Waals surface area (Å²) in [6.07, 6.45) is 1.53. The lowest BCUT2D eigenvalue weighted by atomic mass is 10.1. The fraction of sp³-hybridized carbons (Fsp3) is 0.250. The van der Waals surface area contributed by atoms with E-state index in [1.54, 1.807) is 42.5 Å². The van der Waals surface area contributed by atoms with Crippen LogP contribution in [0.25, 0.3) is 0 Å². The van der Waals surface area contributed by atoms with Gasteiger partial charge >= 0.3 is 0 Å². The Morgan fingerprint density at radius 1 is 1.26 bits per heavy atom. The number of hydrogen-bond donors (Lipinski definition) is 0. The first-order valence-corrected chi connectivity index (χ1v) is 10.6.